The number of hydrogen-bond donors (Lipinski definition) is 2. The SMILES string of the molecule is CC(C)C1CC(N(CCO)CC2CCCN2)C1. The smallest absolute Gasteiger partial charge is 0.0558 e. The second-order valence-corrected chi connectivity index (χ2v) is 6.14. The van der Waals surface area contributed by atoms with Crippen molar-refractivity contribution in [2.45, 2.75) is 51.6 Å². The zero-order valence-electron chi connectivity index (χ0n) is 11.4. The van der Waals surface area contributed by atoms with Crippen LogP contribution in [0.1, 0.15) is 39.5 Å². The Balaban J connectivity index is 1.77. The minimum atomic E-state index is 0.301. The largest absolute Gasteiger partial charge is 0.395 e. The number of rotatable bonds is 6. The Kier molecular flexibility index (Phi) is 4.83. The molecule has 2 N–H and O–H groups in total. The Bertz CT molecular complexity index is 220. The van der Waals surface area contributed by atoms with Crippen molar-refractivity contribution in [2.24, 2.45) is 11.8 Å². The first-order valence-corrected chi connectivity index (χ1v) is 7.29. The van der Waals surface area contributed by atoms with Crippen LogP contribution in [0.15, 0.2) is 0 Å². The summed E-state index contributed by atoms with van der Waals surface area (Å²) in [6, 6.07) is 1.40. The Morgan fingerprint density at radius 2 is 2.12 bits per heavy atom. The van der Waals surface area contributed by atoms with E-state index in [1.165, 1.54) is 32.2 Å². The van der Waals surface area contributed by atoms with Gasteiger partial charge in [0.25, 0.3) is 0 Å². The maximum atomic E-state index is 9.19. The van der Waals surface area contributed by atoms with E-state index in [0.717, 1.165) is 31.0 Å². The molecule has 3 heteroatoms. The number of hydrogen-bond acceptors (Lipinski definition) is 3. The van der Waals surface area contributed by atoms with Crippen LogP contribution in [0.25, 0.3) is 0 Å². The third kappa shape index (κ3) is 3.43. The Labute approximate surface area is 106 Å². The molecule has 0 amide bonds. The molecule has 1 heterocycles. The highest BCUT2D eigenvalue weighted by molar-refractivity contribution is 4.90. The molecule has 0 aromatic carbocycles. The van der Waals surface area contributed by atoms with Crippen LogP contribution >= 0.6 is 0 Å². The lowest BCUT2D eigenvalue weighted by atomic mass is 9.73. The average molecular weight is 240 g/mol. The molecular formula is C14H28N2O. The summed E-state index contributed by atoms with van der Waals surface area (Å²) in [6.07, 6.45) is 5.30. The van der Waals surface area contributed by atoms with Gasteiger partial charge in [0.1, 0.15) is 0 Å². The van der Waals surface area contributed by atoms with E-state index in [2.05, 4.69) is 24.1 Å². The van der Waals surface area contributed by atoms with Gasteiger partial charge in [-0.15, -0.1) is 0 Å². The summed E-state index contributed by atoms with van der Waals surface area (Å²) in [5.74, 6) is 1.74. The minimum absolute atomic E-state index is 0.301. The first-order chi connectivity index (χ1) is 8.20. The Morgan fingerprint density at radius 1 is 1.35 bits per heavy atom. The standard InChI is InChI=1S/C14H28N2O/c1-11(2)12-8-14(9-12)16(6-7-17)10-13-4-3-5-15-13/h11-15,17H,3-10H2,1-2H3. The maximum Gasteiger partial charge on any atom is 0.0558 e. The number of nitrogens with one attached hydrogen (secondary N) is 1. The average Bonchev–Trinajstić information content (AvgIpc) is 2.67. The molecule has 1 saturated carbocycles. The highest BCUT2D eigenvalue weighted by Gasteiger charge is 2.35. The van der Waals surface area contributed by atoms with Crippen LogP contribution in [0.3, 0.4) is 0 Å². The second kappa shape index (κ2) is 6.17. The van der Waals surface area contributed by atoms with E-state index in [1.54, 1.807) is 0 Å². The van der Waals surface area contributed by atoms with Gasteiger partial charge >= 0.3 is 0 Å². The van der Waals surface area contributed by atoms with Gasteiger partial charge in [-0.05, 0) is 44.1 Å². The van der Waals surface area contributed by atoms with Gasteiger partial charge in [0.05, 0.1) is 6.61 Å². The van der Waals surface area contributed by atoms with E-state index < -0.39 is 0 Å². The zero-order valence-corrected chi connectivity index (χ0v) is 11.4. The lowest BCUT2D eigenvalue weighted by molar-refractivity contribution is 0.0383. The van der Waals surface area contributed by atoms with E-state index in [0.29, 0.717) is 12.6 Å². The summed E-state index contributed by atoms with van der Waals surface area (Å²) in [5, 5.41) is 12.8. The molecule has 1 aliphatic heterocycles. The fourth-order valence-electron chi connectivity index (χ4n) is 3.22. The van der Waals surface area contributed by atoms with Crippen molar-refractivity contribution in [2.75, 3.05) is 26.2 Å². The molecule has 2 aliphatic rings. The van der Waals surface area contributed by atoms with Crippen molar-refractivity contribution in [1.82, 2.24) is 10.2 Å². The van der Waals surface area contributed by atoms with E-state index in [4.69, 9.17) is 0 Å². The molecule has 0 bridgehead atoms. The van der Waals surface area contributed by atoms with Crippen LogP contribution in [0.2, 0.25) is 0 Å². The van der Waals surface area contributed by atoms with Gasteiger partial charge in [0, 0.05) is 25.2 Å². The zero-order chi connectivity index (χ0) is 12.3. The van der Waals surface area contributed by atoms with Gasteiger partial charge in [0.2, 0.25) is 0 Å². The molecule has 17 heavy (non-hydrogen) atoms. The third-order valence-corrected chi connectivity index (χ3v) is 4.61. The first kappa shape index (κ1) is 13.3. The molecule has 0 radical (unpaired) electrons. The lowest BCUT2D eigenvalue weighted by Crippen LogP contribution is -2.51. The molecule has 100 valence electrons. The number of aliphatic hydroxyl groups is 1. The second-order valence-electron chi connectivity index (χ2n) is 6.14. The van der Waals surface area contributed by atoms with E-state index in [1.807, 2.05) is 0 Å². The predicted molar refractivity (Wildman–Crippen MR) is 71.0 cm³/mol. The highest BCUT2D eigenvalue weighted by Crippen LogP contribution is 2.37. The van der Waals surface area contributed by atoms with Gasteiger partial charge in [-0.1, -0.05) is 13.8 Å². The molecule has 1 aliphatic carbocycles. The van der Waals surface area contributed by atoms with E-state index in [9.17, 15) is 5.11 Å². The van der Waals surface area contributed by atoms with Gasteiger partial charge in [-0.3, -0.25) is 4.90 Å². The molecule has 0 aromatic heterocycles. The molecule has 1 atom stereocenters. The first-order valence-electron chi connectivity index (χ1n) is 7.29. The fraction of sp³-hybridized carbons (Fsp3) is 1.00. The topological polar surface area (TPSA) is 35.5 Å². The van der Waals surface area contributed by atoms with Crippen LogP contribution in [0.5, 0.6) is 0 Å². The normalized spacial score (nSPS) is 33.4. The molecule has 0 aromatic rings. The minimum Gasteiger partial charge on any atom is -0.395 e. The van der Waals surface area contributed by atoms with Crippen LogP contribution < -0.4 is 5.32 Å². The van der Waals surface area contributed by atoms with Crippen molar-refractivity contribution in [1.29, 1.82) is 0 Å². The molecule has 1 unspecified atom stereocenters. The van der Waals surface area contributed by atoms with Crippen LogP contribution in [0, 0.1) is 11.8 Å². The predicted octanol–water partition coefficient (Wildman–Crippen LogP) is 1.47. The summed E-state index contributed by atoms with van der Waals surface area (Å²) in [6.45, 7) is 8.13. The van der Waals surface area contributed by atoms with Crippen LogP contribution in [-0.2, 0) is 0 Å². The van der Waals surface area contributed by atoms with Crippen LogP contribution in [0.4, 0.5) is 0 Å². The molecule has 3 nitrogen and oxygen atoms in total. The summed E-state index contributed by atoms with van der Waals surface area (Å²) in [7, 11) is 0. The molecule has 0 spiro atoms. The highest BCUT2D eigenvalue weighted by atomic mass is 16.3. The monoisotopic (exact) mass is 240 g/mol. The Hall–Kier alpha value is -0.120. The van der Waals surface area contributed by atoms with Gasteiger partial charge in [-0.25, -0.2) is 0 Å². The van der Waals surface area contributed by atoms with Gasteiger partial charge < -0.3 is 10.4 Å². The van der Waals surface area contributed by atoms with Crippen LogP contribution in [-0.4, -0.2) is 48.3 Å². The van der Waals surface area contributed by atoms with Crippen molar-refractivity contribution in [3.8, 4) is 0 Å². The van der Waals surface area contributed by atoms with Crippen molar-refractivity contribution in [3.63, 3.8) is 0 Å². The van der Waals surface area contributed by atoms with Crippen molar-refractivity contribution < 1.29 is 5.11 Å². The van der Waals surface area contributed by atoms with Gasteiger partial charge in [-0.2, -0.15) is 0 Å². The molecule has 2 fully saturated rings. The van der Waals surface area contributed by atoms with Crippen molar-refractivity contribution in [3.05, 3.63) is 0 Å². The molecule has 2 rings (SSSR count). The summed E-state index contributed by atoms with van der Waals surface area (Å²) < 4.78 is 0. The number of nitrogens with zero attached hydrogens (tertiary/aromatic N) is 1. The summed E-state index contributed by atoms with van der Waals surface area (Å²) in [4.78, 5) is 2.52. The van der Waals surface area contributed by atoms with Crippen molar-refractivity contribution >= 4 is 0 Å². The molecule has 1 saturated heterocycles. The number of aliphatic hydroxyl groups excluding tert-OH is 1. The third-order valence-electron chi connectivity index (χ3n) is 4.61. The quantitative estimate of drug-likeness (QED) is 0.738. The Morgan fingerprint density at radius 3 is 2.65 bits per heavy atom. The fourth-order valence-corrected chi connectivity index (χ4v) is 3.22. The summed E-state index contributed by atoms with van der Waals surface area (Å²) >= 11 is 0. The van der Waals surface area contributed by atoms with Gasteiger partial charge in [0.15, 0.2) is 0 Å². The maximum absolute atomic E-state index is 9.19. The van der Waals surface area contributed by atoms with E-state index >= 15 is 0 Å². The van der Waals surface area contributed by atoms with E-state index in [-0.39, 0.29) is 0 Å². The summed E-state index contributed by atoms with van der Waals surface area (Å²) in [5.41, 5.74) is 0. The lowest BCUT2D eigenvalue weighted by Gasteiger charge is -2.45. The molecular weight excluding hydrogens is 212 g/mol.